The van der Waals surface area contributed by atoms with E-state index in [4.69, 9.17) is 4.74 Å². The lowest BCUT2D eigenvalue weighted by atomic mass is 10.2. The van der Waals surface area contributed by atoms with Crippen molar-refractivity contribution in [1.29, 1.82) is 0 Å². The van der Waals surface area contributed by atoms with Crippen LogP contribution in [0.25, 0.3) is 0 Å². The summed E-state index contributed by atoms with van der Waals surface area (Å²) in [6.07, 6.45) is 2.55. The molecule has 0 aliphatic rings. The Kier molecular flexibility index (Phi) is 6.63. The second kappa shape index (κ2) is 8.92. The number of alkyl halides is 2. The summed E-state index contributed by atoms with van der Waals surface area (Å²) in [7, 11) is 0. The molecule has 0 saturated carbocycles. The molecule has 0 aliphatic heterocycles. The van der Waals surface area contributed by atoms with Gasteiger partial charge in [0.2, 0.25) is 5.91 Å². The molecule has 1 N–H and O–H groups in total. The van der Waals surface area contributed by atoms with E-state index in [0.29, 0.717) is 12.1 Å². The van der Waals surface area contributed by atoms with Crippen molar-refractivity contribution in [2.75, 3.05) is 11.9 Å². The molecule has 0 fully saturated rings. The number of carbonyl (C=O) groups excluding carboxylic acids is 1. The van der Waals surface area contributed by atoms with Crippen molar-refractivity contribution in [2.24, 2.45) is 0 Å². The molecule has 1 atom stereocenters. The molecule has 2 aromatic rings. The lowest BCUT2D eigenvalue weighted by Gasteiger charge is -2.17. The van der Waals surface area contributed by atoms with Crippen LogP contribution in [0.4, 0.5) is 20.2 Å². The average molecular weight is 384 g/mol. The molecule has 9 nitrogen and oxygen atoms in total. The van der Waals surface area contributed by atoms with Crippen LogP contribution < -0.4 is 14.8 Å². The highest BCUT2D eigenvalue weighted by atomic mass is 19.3. The number of nitro groups is 1. The first kappa shape index (κ1) is 20.1. The lowest BCUT2D eigenvalue weighted by molar-refractivity contribution is -0.385. The fourth-order valence-corrected chi connectivity index (χ4v) is 2.36. The third kappa shape index (κ3) is 5.12. The third-order valence-electron chi connectivity index (χ3n) is 3.53. The minimum absolute atomic E-state index is 0.0541. The molecular formula is C16H18F2N4O5. The highest BCUT2D eigenvalue weighted by Crippen LogP contribution is 2.32. The molecule has 0 bridgehead atoms. The minimum atomic E-state index is -3.01. The summed E-state index contributed by atoms with van der Waals surface area (Å²) in [6, 6.07) is 3.21. The summed E-state index contributed by atoms with van der Waals surface area (Å²) in [6.45, 7) is 0.605. The predicted octanol–water partition coefficient (Wildman–Crippen LogP) is 3.38. The Balaban J connectivity index is 2.19. The molecule has 0 radical (unpaired) electrons. The maximum Gasteiger partial charge on any atom is 0.387 e. The molecule has 2 rings (SSSR count). The van der Waals surface area contributed by atoms with Crippen molar-refractivity contribution in [3.8, 4) is 11.5 Å². The Morgan fingerprint density at radius 2 is 2.11 bits per heavy atom. The van der Waals surface area contributed by atoms with E-state index in [0.717, 1.165) is 6.20 Å². The number of benzene rings is 1. The predicted molar refractivity (Wildman–Crippen MR) is 91.1 cm³/mol. The summed E-state index contributed by atoms with van der Waals surface area (Å²) >= 11 is 0. The molecule has 0 aliphatic carbocycles. The largest absolute Gasteiger partial charge is 0.490 e. The van der Waals surface area contributed by atoms with Crippen molar-refractivity contribution >= 4 is 17.3 Å². The molecule has 1 amide bonds. The van der Waals surface area contributed by atoms with Gasteiger partial charge in [-0.1, -0.05) is 6.92 Å². The van der Waals surface area contributed by atoms with Crippen molar-refractivity contribution in [3.05, 3.63) is 40.7 Å². The zero-order chi connectivity index (χ0) is 20.0. The maximum atomic E-state index is 12.5. The van der Waals surface area contributed by atoms with Crippen LogP contribution in [0.1, 0.15) is 26.3 Å². The van der Waals surface area contributed by atoms with Crippen molar-refractivity contribution in [1.82, 2.24) is 9.78 Å². The summed E-state index contributed by atoms with van der Waals surface area (Å²) in [4.78, 5) is 22.7. The number of carbonyl (C=O) groups is 1. The van der Waals surface area contributed by atoms with Crippen molar-refractivity contribution in [2.45, 2.75) is 32.9 Å². The molecule has 27 heavy (non-hydrogen) atoms. The van der Waals surface area contributed by atoms with E-state index in [1.165, 1.54) is 29.1 Å². The number of anilines is 1. The van der Waals surface area contributed by atoms with Crippen LogP contribution in [0.3, 0.4) is 0 Å². The SMILES string of the molecule is CCOc1cc(NC(=O)[C@@H](CC)n2cc([N+](=O)[O-])cn2)ccc1OC(F)F. The maximum absolute atomic E-state index is 12.5. The van der Waals surface area contributed by atoms with Crippen LogP contribution in [0.15, 0.2) is 30.6 Å². The van der Waals surface area contributed by atoms with E-state index in [1.54, 1.807) is 13.8 Å². The van der Waals surface area contributed by atoms with Crippen LogP contribution >= 0.6 is 0 Å². The zero-order valence-electron chi connectivity index (χ0n) is 14.6. The van der Waals surface area contributed by atoms with Crippen LogP contribution in [0, 0.1) is 10.1 Å². The van der Waals surface area contributed by atoms with Gasteiger partial charge in [-0.05, 0) is 25.5 Å². The van der Waals surface area contributed by atoms with Gasteiger partial charge < -0.3 is 14.8 Å². The third-order valence-corrected chi connectivity index (χ3v) is 3.53. The number of rotatable bonds is 9. The van der Waals surface area contributed by atoms with Crippen LogP contribution in [0.2, 0.25) is 0 Å². The normalized spacial score (nSPS) is 11.9. The van der Waals surface area contributed by atoms with Gasteiger partial charge in [0.05, 0.1) is 11.5 Å². The van der Waals surface area contributed by atoms with E-state index >= 15 is 0 Å². The van der Waals surface area contributed by atoms with Crippen LogP contribution in [0.5, 0.6) is 11.5 Å². The first-order valence-corrected chi connectivity index (χ1v) is 8.06. The van der Waals surface area contributed by atoms with E-state index in [-0.39, 0.29) is 23.8 Å². The van der Waals surface area contributed by atoms with Gasteiger partial charge in [-0.15, -0.1) is 0 Å². The van der Waals surface area contributed by atoms with Gasteiger partial charge >= 0.3 is 12.3 Å². The second-order valence-electron chi connectivity index (χ2n) is 5.32. The van der Waals surface area contributed by atoms with Gasteiger partial charge in [-0.2, -0.15) is 13.9 Å². The van der Waals surface area contributed by atoms with Gasteiger partial charge in [-0.25, -0.2) is 0 Å². The fraction of sp³-hybridized carbons (Fsp3) is 0.375. The summed E-state index contributed by atoms with van der Waals surface area (Å²) in [5.41, 5.74) is 0.0681. The first-order chi connectivity index (χ1) is 12.8. The molecule has 0 saturated heterocycles. The van der Waals surface area contributed by atoms with Crippen molar-refractivity contribution in [3.63, 3.8) is 0 Å². The second-order valence-corrected chi connectivity index (χ2v) is 5.32. The van der Waals surface area contributed by atoms with E-state index in [9.17, 15) is 23.7 Å². The van der Waals surface area contributed by atoms with Crippen LogP contribution in [-0.4, -0.2) is 33.8 Å². The zero-order valence-corrected chi connectivity index (χ0v) is 14.6. The topological polar surface area (TPSA) is 109 Å². The van der Waals surface area contributed by atoms with Gasteiger partial charge in [-0.3, -0.25) is 19.6 Å². The monoisotopic (exact) mass is 384 g/mol. The molecule has 11 heteroatoms. The highest BCUT2D eigenvalue weighted by Gasteiger charge is 2.22. The first-order valence-electron chi connectivity index (χ1n) is 8.06. The van der Waals surface area contributed by atoms with Gasteiger partial charge in [0.15, 0.2) is 11.5 Å². The number of aromatic nitrogens is 2. The van der Waals surface area contributed by atoms with Crippen molar-refractivity contribution < 1.29 is 28.0 Å². The van der Waals surface area contributed by atoms with Gasteiger partial charge in [0.1, 0.15) is 18.4 Å². The molecule has 0 unspecified atom stereocenters. The van der Waals surface area contributed by atoms with E-state index in [1.807, 2.05) is 0 Å². The fourth-order valence-electron chi connectivity index (χ4n) is 2.36. The molecule has 1 heterocycles. The quantitative estimate of drug-likeness (QED) is 0.524. The lowest BCUT2D eigenvalue weighted by Crippen LogP contribution is -2.26. The number of hydrogen-bond donors (Lipinski definition) is 1. The smallest absolute Gasteiger partial charge is 0.387 e. The van der Waals surface area contributed by atoms with Gasteiger partial charge in [0.25, 0.3) is 0 Å². The Bertz CT molecular complexity index is 812. The number of halogens is 2. The molecule has 1 aromatic carbocycles. The van der Waals surface area contributed by atoms with Gasteiger partial charge in [0, 0.05) is 11.8 Å². The number of hydrogen-bond acceptors (Lipinski definition) is 6. The average Bonchev–Trinajstić information content (AvgIpc) is 3.08. The number of nitrogens with zero attached hydrogens (tertiary/aromatic N) is 3. The van der Waals surface area contributed by atoms with E-state index < -0.39 is 23.5 Å². The Labute approximate surface area is 153 Å². The standard InChI is InChI=1S/C16H18F2N4O5/c1-3-12(21-9-11(8-19-21)22(24)25)15(23)20-10-5-6-13(27-16(17)18)14(7-10)26-4-2/h5-9,12,16H,3-4H2,1-2H3,(H,20,23)/t12-/m1/s1. The summed E-state index contributed by atoms with van der Waals surface area (Å²) in [5, 5.41) is 17.2. The molecule has 146 valence electrons. The highest BCUT2D eigenvalue weighted by molar-refractivity contribution is 5.94. The molecule has 0 spiro atoms. The number of ether oxygens (including phenoxy) is 2. The number of nitrogens with one attached hydrogen (secondary N) is 1. The Morgan fingerprint density at radius 1 is 1.37 bits per heavy atom. The Hall–Kier alpha value is -3.24. The Morgan fingerprint density at radius 3 is 2.67 bits per heavy atom. The number of amides is 1. The minimum Gasteiger partial charge on any atom is -0.490 e. The van der Waals surface area contributed by atoms with E-state index in [2.05, 4.69) is 15.2 Å². The molecular weight excluding hydrogens is 366 g/mol. The molecule has 1 aromatic heterocycles. The van der Waals surface area contributed by atoms with Crippen LogP contribution in [-0.2, 0) is 4.79 Å². The summed E-state index contributed by atoms with van der Waals surface area (Å²) in [5.74, 6) is -0.571. The summed E-state index contributed by atoms with van der Waals surface area (Å²) < 4.78 is 35.7.